The summed E-state index contributed by atoms with van der Waals surface area (Å²) in [5.41, 5.74) is 3.28. The van der Waals surface area contributed by atoms with Crippen LogP contribution in [0.1, 0.15) is 11.1 Å². The van der Waals surface area contributed by atoms with Gasteiger partial charge in [0.1, 0.15) is 6.61 Å². The van der Waals surface area contributed by atoms with Gasteiger partial charge in [0.15, 0.2) is 11.5 Å². The summed E-state index contributed by atoms with van der Waals surface area (Å²) >= 11 is 6.03. The predicted molar refractivity (Wildman–Crippen MR) is 92.2 cm³/mol. The average molecular weight is 318 g/mol. The van der Waals surface area contributed by atoms with E-state index in [9.17, 15) is 0 Å². The Morgan fingerprint density at radius 1 is 1.18 bits per heavy atom. The summed E-state index contributed by atoms with van der Waals surface area (Å²) in [5, 5.41) is 4.11. The molecule has 0 radical (unpaired) electrons. The lowest BCUT2D eigenvalue weighted by molar-refractivity contribution is 0.326. The summed E-state index contributed by atoms with van der Waals surface area (Å²) in [4.78, 5) is 0. The molecule has 22 heavy (non-hydrogen) atoms. The van der Waals surface area contributed by atoms with Gasteiger partial charge in [0.25, 0.3) is 0 Å². The molecule has 2 aromatic rings. The highest BCUT2D eigenvalue weighted by Crippen LogP contribution is 2.29. The van der Waals surface area contributed by atoms with Gasteiger partial charge in [0.05, 0.1) is 7.11 Å². The van der Waals surface area contributed by atoms with Crippen LogP contribution in [0.5, 0.6) is 11.5 Å². The van der Waals surface area contributed by atoms with Gasteiger partial charge in [-0.25, -0.2) is 0 Å². The number of halogens is 1. The number of hydrogen-bond donors (Lipinski definition) is 1. The summed E-state index contributed by atoms with van der Waals surface area (Å²) in [6.45, 7) is 6.82. The molecule has 0 bridgehead atoms. The van der Waals surface area contributed by atoms with E-state index >= 15 is 0 Å². The molecule has 0 saturated heterocycles. The topological polar surface area (TPSA) is 30.5 Å². The molecule has 0 aliphatic rings. The van der Waals surface area contributed by atoms with Crippen LogP contribution in [0.4, 0.5) is 5.69 Å². The third-order valence-electron chi connectivity index (χ3n) is 3.27. The maximum absolute atomic E-state index is 6.03. The van der Waals surface area contributed by atoms with Crippen molar-refractivity contribution in [3.63, 3.8) is 0 Å². The molecule has 116 valence electrons. The smallest absolute Gasteiger partial charge is 0.161 e. The molecular formula is C18H20ClNO2. The van der Waals surface area contributed by atoms with Gasteiger partial charge in [-0.2, -0.15) is 0 Å². The first-order valence-electron chi connectivity index (χ1n) is 7.04. The second kappa shape index (κ2) is 7.76. The van der Waals surface area contributed by atoms with Gasteiger partial charge in [-0.15, -0.1) is 0 Å². The Bertz CT molecular complexity index is 656. The average Bonchev–Trinajstić information content (AvgIpc) is 2.54. The van der Waals surface area contributed by atoms with Crippen molar-refractivity contribution in [2.24, 2.45) is 0 Å². The van der Waals surface area contributed by atoms with Crippen molar-refractivity contribution in [2.45, 2.75) is 13.5 Å². The Hall–Kier alpha value is -2.13. The van der Waals surface area contributed by atoms with Crippen LogP contribution in [-0.4, -0.2) is 13.7 Å². The van der Waals surface area contributed by atoms with Crippen molar-refractivity contribution in [2.75, 3.05) is 19.0 Å². The Morgan fingerprint density at radius 3 is 2.73 bits per heavy atom. The second-order valence-corrected chi connectivity index (χ2v) is 5.33. The summed E-state index contributed by atoms with van der Waals surface area (Å²) in [7, 11) is 1.63. The van der Waals surface area contributed by atoms with E-state index in [1.165, 1.54) is 0 Å². The number of benzene rings is 2. The maximum Gasteiger partial charge on any atom is 0.161 e. The molecule has 0 fully saturated rings. The molecule has 0 saturated carbocycles. The van der Waals surface area contributed by atoms with Crippen LogP contribution < -0.4 is 14.8 Å². The standard InChI is InChI=1S/C18H20ClNO2/c1-4-9-22-17-8-6-14(10-18(17)21-3)12-20-16-11-15(19)7-5-13(16)2/h4-8,10-11,20H,1,9,12H2,2-3H3. The van der Waals surface area contributed by atoms with E-state index in [1.807, 2.05) is 43.3 Å². The lowest BCUT2D eigenvalue weighted by atomic mass is 10.1. The number of ether oxygens (including phenoxy) is 2. The van der Waals surface area contributed by atoms with E-state index in [0.717, 1.165) is 21.8 Å². The lowest BCUT2D eigenvalue weighted by Gasteiger charge is -2.13. The van der Waals surface area contributed by atoms with Crippen molar-refractivity contribution in [1.82, 2.24) is 0 Å². The van der Waals surface area contributed by atoms with E-state index in [4.69, 9.17) is 21.1 Å². The number of aryl methyl sites for hydroxylation is 1. The third kappa shape index (κ3) is 4.18. The maximum atomic E-state index is 6.03. The van der Waals surface area contributed by atoms with E-state index < -0.39 is 0 Å². The summed E-state index contributed by atoms with van der Waals surface area (Å²) in [5.74, 6) is 1.43. The Morgan fingerprint density at radius 2 is 2.00 bits per heavy atom. The first-order valence-corrected chi connectivity index (χ1v) is 7.42. The number of rotatable bonds is 7. The fourth-order valence-corrected chi connectivity index (χ4v) is 2.24. The molecule has 4 heteroatoms. The molecule has 0 amide bonds. The van der Waals surface area contributed by atoms with Gasteiger partial charge in [-0.3, -0.25) is 0 Å². The third-order valence-corrected chi connectivity index (χ3v) is 3.50. The molecule has 0 aliphatic carbocycles. The molecule has 0 aliphatic heterocycles. The minimum atomic E-state index is 0.454. The Balaban J connectivity index is 2.09. The molecule has 2 aromatic carbocycles. The van der Waals surface area contributed by atoms with Crippen molar-refractivity contribution in [1.29, 1.82) is 0 Å². The van der Waals surface area contributed by atoms with Crippen molar-refractivity contribution in [3.05, 3.63) is 65.2 Å². The van der Waals surface area contributed by atoms with E-state index in [-0.39, 0.29) is 0 Å². The first kappa shape index (κ1) is 16.2. The van der Waals surface area contributed by atoms with E-state index in [1.54, 1.807) is 13.2 Å². The SMILES string of the molecule is C=CCOc1ccc(CNc2cc(Cl)ccc2C)cc1OC. The summed E-state index contributed by atoms with van der Waals surface area (Å²) in [6.07, 6.45) is 1.71. The van der Waals surface area contributed by atoms with Gasteiger partial charge in [0, 0.05) is 17.3 Å². The highest BCUT2D eigenvalue weighted by atomic mass is 35.5. The number of nitrogens with one attached hydrogen (secondary N) is 1. The van der Waals surface area contributed by atoms with E-state index in [0.29, 0.717) is 24.7 Å². The van der Waals surface area contributed by atoms with Crippen LogP contribution in [0, 0.1) is 6.92 Å². The van der Waals surface area contributed by atoms with Gasteiger partial charge in [0.2, 0.25) is 0 Å². The van der Waals surface area contributed by atoms with E-state index in [2.05, 4.69) is 11.9 Å². The monoisotopic (exact) mass is 317 g/mol. The molecule has 0 unspecified atom stereocenters. The van der Waals surface area contributed by atoms with Gasteiger partial charge in [-0.1, -0.05) is 36.4 Å². The summed E-state index contributed by atoms with van der Waals surface area (Å²) in [6, 6.07) is 11.7. The van der Waals surface area contributed by atoms with Crippen LogP contribution in [0.3, 0.4) is 0 Å². The second-order valence-electron chi connectivity index (χ2n) is 4.90. The van der Waals surface area contributed by atoms with Crippen LogP contribution >= 0.6 is 11.6 Å². The van der Waals surface area contributed by atoms with Crippen LogP contribution in [0.25, 0.3) is 0 Å². The fourth-order valence-electron chi connectivity index (χ4n) is 2.07. The minimum absolute atomic E-state index is 0.454. The van der Waals surface area contributed by atoms with Gasteiger partial charge in [-0.05, 0) is 42.3 Å². The first-order chi connectivity index (χ1) is 10.6. The van der Waals surface area contributed by atoms with Crippen molar-refractivity contribution >= 4 is 17.3 Å². The molecule has 3 nitrogen and oxygen atoms in total. The Kier molecular flexibility index (Phi) is 5.73. The molecule has 2 rings (SSSR count). The number of hydrogen-bond acceptors (Lipinski definition) is 3. The molecule has 0 aromatic heterocycles. The molecule has 0 heterocycles. The molecule has 0 atom stereocenters. The van der Waals surface area contributed by atoms with Crippen molar-refractivity contribution < 1.29 is 9.47 Å². The largest absolute Gasteiger partial charge is 0.493 e. The summed E-state index contributed by atoms with van der Waals surface area (Å²) < 4.78 is 10.9. The van der Waals surface area contributed by atoms with Crippen LogP contribution in [0.2, 0.25) is 5.02 Å². The van der Waals surface area contributed by atoms with Crippen molar-refractivity contribution in [3.8, 4) is 11.5 Å². The number of anilines is 1. The van der Waals surface area contributed by atoms with Gasteiger partial charge >= 0.3 is 0 Å². The molecule has 1 N–H and O–H groups in total. The highest BCUT2D eigenvalue weighted by Gasteiger charge is 2.06. The van der Waals surface area contributed by atoms with Crippen LogP contribution in [0.15, 0.2) is 49.1 Å². The zero-order valence-corrected chi connectivity index (χ0v) is 13.6. The molecular weight excluding hydrogens is 298 g/mol. The molecule has 0 spiro atoms. The van der Waals surface area contributed by atoms with Gasteiger partial charge < -0.3 is 14.8 Å². The zero-order chi connectivity index (χ0) is 15.9. The minimum Gasteiger partial charge on any atom is -0.493 e. The van der Waals surface area contributed by atoms with Crippen LogP contribution in [-0.2, 0) is 6.54 Å². The normalized spacial score (nSPS) is 10.1. The predicted octanol–water partition coefficient (Wildman–Crippen LogP) is 4.83. The highest BCUT2D eigenvalue weighted by molar-refractivity contribution is 6.30. The number of methoxy groups -OCH3 is 1. The fraction of sp³-hybridized carbons (Fsp3) is 0.222. The Labute approximate surface area is 136 Å². The lowest BCUT2D eigenvalue weighted by Crippen LogP contribution is -2.02. The zero-order valence-electron chi connectivity index (χ0n) is 12.9. The quantitative estimate of drug-likeness (QED) is 0.742.